The predicted octanol–water partition coefficient (Wildman–Crippen LogP) is 2.70. The number of Topliss-reactive ketones (excluding diaryl/α,β-unsaturated/α-hetero) is 1. The van der Waals surface area contributed by atoms with Gasteiger partial charge in [-0.15, -0.1) is 11.6 Å². The first-order valence-corrected chi connectivity index (χ1v) is 7.76. The predicted molar refractivity (Wildman–Crippen MR) is 86.6 cm³/mol. The third kappa shape index (κ3) is 2.78. The van der Waals surface area contributed by atoms with Crippen LogP contribution in [-0.4, -0.2) is 34.4 Å². The van der Waals surface area contributed by atoms with Crippen molar-refractivity contribution in [1.29, 1.82) is 0 Å². The van der Waals surface area contributed by atoms with Crippen LogP contribution in [0.1, 0.15) is 26.3 Å². The highest BCUT2D eigenvalue weighted by Gasteiger charge is 2.42. The fraction of sp³-hybridized carbons (Fsp3) is 0.167. The van der Waals surface area contributed by atoms with E-state index in [0.717, 1.165) is 10.5 Å². The van der Waals surface area contributed by atoms with Crippen LogP contribution in [-0.2, 0) is 11.2 Å². The number of imide groups is 1. The molecule has 0 spiro atoms. The average molecular weight is 328 g/mol. The van der Waals surface area contributed by atoms with Gasteiger partial charge in [0.2, 0.25) is 0 Å². The van der Waals surface area contributed by atoms with Crippen LogP contribution in [0.3, 0.4) is 0 Å². The molecule has 0 N–H and O–H groups in total. The van der Waals surface area contributed by atoms with Gasteiger partial charge in [-0.2, -0.15) is 0 Å². The normalized spacial score (nSPS) is 14.7. The Morgan fingerprint density at radius 2 is 1.43 bits per heavy atom. The number of benzene rings is 2. The molecule has 1 aliphatic rings. The zero-order valence-electron chi connectivity index (χ0n) is 12.2. The molecule has 0 saturated carbocycles. The number of hydrogen-bond donors (Lipinski definition) is 0. The number of amides is 2. The molecule has 4 nitrogen and oxygen atoms in total. The highest BCUT2D eigenvalue weighted by Crippen LogP contribution is 2.26. The maximum Gasteiger partial charge on any atom is 0.262 e. The molecule has 2 aromatic carbocycles. The van der Waals surface area contributed by atoms with Crippen LogP contribution in [0.5, 0.6) is 0 Å². The van der Waals surface area contributed by atoms with Crippen molar-refractivity contribution >= 4 is 29.2 Å². The number of ketones is 1. The van der Waals surface area contributed by atoms with Crippen LogP contribution >= 0.6 is 11.6 Å². The molecule has 116 valence electrons. The van der Waals surface area contributed by atoms with Gasteiger partial charge in [-0.05, 0) is 17.7 Å². The minimum Gasteiger partial charge on any atom is -0.296 e. The molecular weight excluding hydrogens is 314 g/mol. The van der Waals surface area contributed by atoms with Crippen molar-refractivity contribution in [2.45, 2.75) is 12.5 Å². The van der Waals surface area contributed by atoms with E-state index in [4.69, 9.17) is 11.6 Å². The number of alkyl halides is 1. The van der Waals surface area contributed by atoms with Crippen molar-refractivity contribution in [3.8, 4) is 0 Å². The summed E-state index contributed by atoms with van der Waals surface area (Å²) in [5, 5.41) is 0. The summed E-state index contributed by atoms with van der Waals surface area (Å²) in [5.74, 6) is -1.47. The Balaban J connectivity index is 1.97. The SMILES string of the molecule is O=C(CCl)C(Cc1ccccc1)N1C(=O)c2ccccc2C1=O. The van der Waals surface area contributed by atoms with E-state index in [9.17, 15) is 14.4 Å². The second-order valence-electron chi connectivity index (χ2n) is 5.33. The van der Waals surface area contributed by atoms with E-state index in [1.54, 1.807) is 24.3 Å². The summed E-state index contributed by atoms with van der Waals surface area (Å²) >= 11 is 5.70. The molecule has 0 aliphatic carbocycles. The van der Waals surface area contributed by atoms with Gasteiger partial charge in [0, 0.05) is 6.42 Å². The Morgan fingerprint density at radius 1 is 0.913 bits per heavy atom. The highest BCUT2D eigenvalue weighted by atomic mass is 35.5. The van der Waals surface area contributed by atoms with Gasteiger partial charge in [0.05, 0.1) is 17.0 Å². The number of fused-ring (bicyclic) bond motifs is 1. The van der Waals surface area contributed by atoms with E-state index < -0.39 is 17.9 Å². The largest absolute Gasteiger partial charge is 0.296 e. The number of nitrogens with zero attached hydrogens (tertiary/aromatic N) is 1. The van der Waals surface area contributed by atoms with E-state index in [1.807, 2.05) is 30.3 Å². The van der Waals surface area contributed by atoms with Gasteiger partial charge in [0.1, 0.15) is 6.04 Å². The molecule has 2 aromatic rings. The van der Waals surface area contributed by atoms with Crippen molar-refractivity contribution in [2.75, 3.05) is 5.88 Å². The van der Waals surface area contributed by atoms with Crippen molar-refractivity contribution in [1.82, 2.24) is 4.90 Å². The molecule has 0 bridgehead atoms. The summed E-state index contributed by atoms with van der Waals surface area (Å²) in [4.78, 5) is 38.4. The first kappa shape index (κ1) is 15.4. The van der Waals surface area contributed by atoms with Crippen LogP contribution < -0.4 is 0 Å². The summed E-state index contributed by atoms with van der Waals surface area (Å²) in [5.41, 5.74) is 1.53. The Hall–Kier alpha value is -2.46. The van der Waals surface area contributed by atoms with Crippen molar-refractivity contribution in [3.05, 3.63) is 71.3 Å². The van der Waals surface area contributed by atoms with Gasteiger partial charge < -0.3 is 0 Å². The van der Waals surface area contributed by atoms with E-state index >= 15 is 0 Å². The molecule has 0 aromatic heterocycles. The molecule has 0 saturated heterocycles. The molecule has 0 radical (unpaired) electrons. The van der Waals surface area contributed by atoms with Crippen LogP contribution in [0.25, 0.3) is 0 Å². The summed E-state index contributed by atoms with van der Waals surface area (Å²) in [6.07, 6.45) is 0.262. The minimum atomic E-state index is -0.887. The van der Waals surface area contributed by atoms with Crippen molar-refractivity contribution < 1.29 is 14.4 Å². The molecule has 3 rings (SSSR count). The van der Waals surface area contributed by atoms with Crippen molar-refractivity contribution in [3.63, 3.8) is 0 Å². The van der Waals surface area contributed by atoms with Crippen LogP contribution in [0.4, 0.5) is 0 Å². The quantitative estimate of drug-likeness (QED) is 0.626. The van der Waals surface area contributed by atoms with Crippen LogP contribution in [0.15, 0.2) is 54.6 Å². The molecule has 1 atom stereocenters. The summed E-state index contributed by atoms with van der Waals surface area (Å²) < 4.78 is 0. The standard InChI is InChI=1S/C18H14ClNO3/c19-11-16(21)15(10-12-6-2-1-3-7-12)20-17(22)13-8-4-5-9-14(13)18(20)23/h1-9,15H,10-11H2. The van der Waals surface area contributed by atoms with E-state index in [-0.39, 0.29) is 18.1 Å². The number of halogens is 1. The van der Waals surface area contributed by atoms with E-state index in [0.29, 0.717) is 11.1 Å². The minimum absolute atomic E-state index is 0.245. The molecule has 5 heteroatoms. The van der Waals surface area contributed by atoms with Gasteiger partial charge in [0.25, 0.3) is 11.8 Å². The first-order chi connectivity index (χ1) is 11.1. The maximum atomic E-state index is 12.6. The third-order valence-electron chi connectivity index (χ3n) is 3.91. The number of carbonyl (C=O) groups is 3. The summed E-state index contributed by atoms with van der Waals surface area (Å²) in [6, 6.07) is 15.0. The van der Waals surface area contributed by atoms with Gasteiger partial charge >= 0.3 is 0 Å². The Morgan fingerprint density at radius 3 is 1.96 bits per heavy atom. The molecule has 2 amide bonds. The number of hydrogen-bond acceptors (Lipinski definition) is 3. The van der Waals surface area contributed by atoms with Crippen LogP contribution in [0, 0.1) is 0 Å². The maximum absolute atomic E-state index is 12.6. The van der Waals surface area contributed by atoms with Gasteiger partial charge in [-0.3, -0.25) is 19.3 Å². The van der Waals surface area contributed by atoms with Gasteiger partial charge in [-0.25, -0.2) is 0 Å². The molecule has 1 aliphatic heterocycles. The second-order valence-corrected chi connectivity index (χ2v) is 5.60. The van der Waals surface area contributed by atoms with E-state index in [2.05, 4.69) is 0 Å². The molecule has 1 unspecified atom stereocenters. The molecule has 1 heterocycles. The topological polar surface area (TPSA) is 54.5 Å². The molecule has 0 fully saturated rings. The summed E-state index contributed by atoms with van der Waals surface area (Å²) in [7, 11) is 0. The number of rotatable bonds is 5. The fourth-order valence-corrected chi connectivity index (χ4v) is 2.94. The van der Waals surface area contributed by atoms with Gasteiger partial charge in [-0.1, -0.05) is 42.5 Å². The van der Waals surface area contributed by atoms with Crippen molar-refractivity contribution in [2.24, 2.45) is 0 Å². The monoisotopic (exact) mass is 327 g/mol. The lowest BCUT2D eigenvalue weighted by Crippen LogP contribution is -2.46. The Bertz CT molecular complexity index is 738. The van der Waals surface area contributed by atoms with Gasteiger partial charge in [0.15, 0.2) is 5.78 Å². The van der Waals surface area contributed by atoms with E-state index in [1.165, 1.54) is 0 Å². The summed E-state index contributed by atoms with van der Waals surface area (Å²) in [6.45, 7) is 0. The first-order valence-electron chi connectivity index (χ1n) is 7.23. The lowest BCUT2D eigenvalue weighted by Gasteiger charge is -2.24. The third-order valence-corrected chi connectivity index (χ3v) is 4.18. The lowest BCUT2D eigenvalue weighted by atomic mass is 10.0. The highest BCUT2D eigenvalue weighted by molar-refractivity contribution is 6.30. The zero-order chi connectivity index (χ0) is 16.4. The fourth-order valence-electron chi connectivity index (χ4n) is 2.77. The Kier molecular flexibility index (Phi) is 4.26. The lowest BCUT2D eigenvalue weighted by molar-refractivity contribution is -0.120. The molecule has 23 heavy (non-hydrogen) atoms. The molecular formula is C18H14ClNO3. The second kappa shape index (κ2) is 6.34. The Labute approximate surface area is 138 Å². The smallest absolute Gasteiger partial charge is 0.262 e. The average Bonchev–Trinajstić information content (AvgIpc) is 2.85. The number of carbonyl (C=O) groups excluding carboxylic acids is 3. The van der Waals surface area contributed by atoms with Crippen LogP contribution in [0.2, 0.25) is 0 Å². The zero-order valence-corrected chi connectivity index (χ0v) is 13.0.